The number of ether oxygens (including phenoxy) is 2. The Hall–Kier alpha value is -2.54. The molecule has 150 valence electrons. The number of anilines is 1. The molecule has 1 fully saturated rings. The molecule has 2 aliphatic heterocycles. The molecule has 2 aromatic rings. The van der Waals surface area contributed by atoms with Crippen LogP contribution in [-0.2, 0) is 18.4 Å². The lowest BCUT2D eigenvalue weighted by molar-refractivity contribution is -0.116. The predicted octanol–water partition coefficient (Wildman–Crippen LogP) is 2.82. The number of fused-ring (bicyclic) bond motifs is 1. The van der Waals surface area contributed by atoms with Gasteiger partial charge in [-0.05, 0) is 50.4 Å². The Morgan fingerprint density at radius 3 is 2.75 bits per heavy atom. The van der Waals surface area contributed by atoms with Crippen molar-refractivity contribution in [1.82, 2.24) is 14.5 Å². The Morgan fingerprint density at radius 1 is 1.21 bits per heavy atom. The van der Waals surface area contributed by atoms with Crippen LogP contribution in [0.4, 0.5) is 5.69 Å². The monoisotopic (exact) mass is 384 g/mol. The molecular formula is C21H28N4O3. The van der Waals surface area contributed by atoms with E-state index in [4.69, 9.17) is 9.47 Å². The number of aryl methyl sites for hydroxylation is 1. The fourth-order valence-corrected chi connectivity index (χ4v) is 3.86. The minimum absolute atomic E-state index is 0.0621. The van der Waals surface area contributed by atoms with Crippen molar-refractivity contribution in [2.75, 3.05) is 31.6 Å². The molecule has 0 saturated carbocycles. The Morgan fingerprint density at radius 2 is 2.00 bits per heavy atom. The lowest BCUT2D eigenvalue weighted by atomic mass is 9.92. The zero-order valence-corrected chi connectivity index (χ0v) is 16.4. The first-order valence-electron chi connectivity index (χ1n) is 10.1. The fraction of sp³-hybridized carbons (Fsp3) is 0.524. The van der Waals surface area contributed by atoms with Crippen LogP contribution in [0.1, 0.15) is 31.5 Å². The van der Waals surface area contributed by atoms with Crippen molar-refractivity contribution >= 4 is 11.6 Å². The summed E-state index contributed by atoms with van der Waals surface area (Å²) in [6.45, 7) is 4.16. The molecule has 1 N–H and O–H groups in total. The summed E-state index contributed by atoms with van der Waals surface area (Å²) in [5.74, 6) is 3.22. The number of carbonyl (C=O) groups excluding carboxylic acids is 1. The summed E-state index contributed by atoms with van der Waals surface area (Å²) < 4.78 is 13.2. The van der Waals surface area contributed by atoms with Gasteiger partial charge >= 0.3 is 0 Å². The molecule has 1 aromatic carbocycles. The number of imidazole rings is 1. The Labute approximate surface area is 165 Å². The molecule has 0 bridgehead atoms. The molecule has 3 heterocycles. The van der Waals surface area contributed by atoms with Crippen molar-refractivity contribution in [2.24, 2.45) is 13.0 Å². The largest absolute Gasteiger partial charge is 0.486 e. The third-order valence-corrected chi connectivity index (χ3v) is 5.60. The molecular weight excluding hydrogens is 356 g/mol. The van der Waals surface area contributed by atoms with Crippen LogP contribution in [0.3, 0.4) is 0 Å². The summed E-state index contributed by atoms with van der Waals surface area (Å²) in [4.78, 5) is 19.2. The molecule has 0 aliphatic carbocycles. The van der Waals surface area contributed by atoms with Crippen LogP contribution in [0.25, 0.3) is 0 Å². The maximum absolute atomic E-state index is 12.3. The molecule has 1 aromatic heterocycles. The zero-order valence-electron chi connectivity index (χ0n) is 16.4. The van der Waals surface area contributed by atoms with Crippen LogP contribution in [0.15, 0.2) is 30.6 Å². The number of nitrogens with zero attached hydrogens (tertiary/aromatic N) is 3. The first kappa shape index (κ1) is 18.8. The van der Waals surface area contributed by atoms with Gasteiger partial charge in [0.25, 0.3) is 0 Å². The van der Waals surface area contributed by atoms with Crippen molar-refractivity contribution in [3.63, 3.8) is 0 Å². The average Bonchev–Trinajstić information content (AvgIpc) is 3.12. The topological polar surface area (TPSA) is 68.6 Å². The van der Waals surface area contributed by atoms with Crippen LogP contribution in [-0.4, -0.2) is 46.7 Å². The Balaban J connectivity index is 1.19. The number of carbonyl (C=O) groups is 1. The van der Waals surface area contributed by atoms with Crippen molar-refractivity contribution in [1.29, 1.82) is 0 Å². The third-order valence-electron chi connectivity index (χ3n) is 5.60. The highest BCUT2D eigenvalue weighted by Gasteiger charge is 2.21. The predicted molar refractivity (Wildman–Crippen MR) is 107 cm³/mol. The Kier molecular flexibility index (Phi) is 5.81. The van der Waals surface area contributed by atoms with Crippen LogP contribution >= 0.6 is 0 Å². The summed E-state index contributed by atoms with van der Waals surface area (Å²) in [6.07, 6.45) is 7.61. The van der Waals surface area contributed by atoms with E-state index in [9.17, 15) is 4.79 Å². The molecule has 28 heavy (non-hydrogen) atoms. The molecule has 0 atom stereocenters. The second-order valence-electron chi connectivity index (χ2n) is 7.62. The normalized spacial score (nSPS) is 17.5. The maximum atomic E-state index is 12.3. The number of aromatic nitrogens is 2. The van der Waals surface area contributed by atoms with E-state index < -0.39 is 0 Å². The van der Waals surface area contributed by atoms with Crippen LogP contribution in [0.5, 0.6) is 11.5 Å². The van der Waals surface area contributed by atoms with E-state index in [0.29, 0.717) is 31.3 Å². The minimum atomic E-state index is 0.0621. The molecule has 0 spiro atoms. The van der Waals surface area contributed by atoms with Crippen molar-refractivity contribution < 1.29 is 14.3 Å². The number of piperidine rings is 1. The number of hydrogen-bond donors (Lipinski definition) is 1. The van der Waals surface area contributed by atoms with Crippen LogP contribution in [0.2, 0.25) is 0 Å². The van der Waals surface area contributed by atoms with E-state index in [1.54, 1.807) is 0 Å². The van der Waals surface area contributed by atoms with Gasteiger partial charge in [-0.1, -0.05) is 0 Å². The summed E-state index contributed by atoms with van der Waals surface area (Å²) >= 11 is 0. The number of amides is 1. The number of likely N-dealkylation sites (tertiary alicyclic amines) is 1. The van der Waals surface area contributed by atoms with Gasteiger partial charge in [0.2, 0.25) is 5.91 Å². The van der Waals surface area contributed by atoms with E-state index >= 15 is 0 Å². The van der Waals surface area contributed by atoms with E-state index in [0.717, 1.165) is 56.2 Å². The van der Waals surface area contributed by atoms with Gasteiger partial charge in [0.15, 0.2) is 11.5 Å². The summed E-state index contributed by atoms with van der Waals surface area (Å²) in [5.41, 5.74) is 0.763. The smallest absolute Gasteiger partial charge is 0.224 e. The molecule has 7 nitrogen and oxygen atoms in total. The number of hydrogen-bond acceptors (Lipinski definition) is 5. The van der Waals surface area contributed by atoms with Crippen molar-refractivity contribution in [2.45, 2.75) is 32.2 Å². The summed E-state index contributed by atoms with van der Waals surface area (Å²) in [7, 11) is 2.04. The van der Waals surface area contributed by atoms with Gasteiger partial charge in [-0.2, -0.15) is 0 Å². The molecule has 2 aliphatic rings. The molecule has 0 unspecified atom stereocenters. The Bertz CT molecular complexity index is 812. The first-order chi connectivity index (χ1) is 13.7. The van der Waals surface area contributed by atoms with Gasteiger partial charge in [0.1, 0.15) is 19.0 Å². The first-order valence-corrected chi connectivity index (χ1v) is 10.1. The van der Waals surface area contributed by atoms with Gasteiger partial charge in [-0.3, -0.25) is 9.69 Å². The number of nitrogens with one attached hydrogen (secondary N) is 1. The van der Waals surface area contributed by atoms with Crippen molar-refractivity contribution in [3.05, 3.63) is 36.4 Å². The van der Waals surface area contributed by atoms with E-state index in [1.165, 1.54) is 0 Å². The quantitative estimate of drug-likeness (QED) is 0.829. The van der Waals surface area contributed by atoms with E-state index in [1.807, 2.05) is 37.6 Å². The molecule has 4 rings (SSSR count). The third kappa shape index (κ3) is 4.65. The van der Waals surface area contributed by atoms with Gasteiger partial charge in [0.05, 0.1) is 6.54 Å². The summed E-state index contributed by atoms with van der Waals surface area (Å²) in [5, 5.41) is 2.98. The highest BCUT2D eigenvalue weighted by atomic mass is 16.6. The number of rotatable bonds is 6. The van der Waals surface area contributed by atoms with Crippen molar-refractivity contribution in [3.8, 4) is 11.5 Å². The lowest BCUT2D eigenvalue weighted by Crippen LogP contribution is -2.34. The second-order valence-corrected chi connectivity index (χ2v) is 7.62. The number of benzene rings is 1. The lowest BCUT2D eigenvalue weighted by Gasteiger charge is -2.31. The fourth-order valence-electron chi connectivity index (χ4n) is 3.86. The van der Waals surface area contributed by atoms with Gasteiger partial charge in [-0.15, -0.1) is 0 Å². The molecule has 7 heteroatoms. The highest BCUT2D eigenvalue weighted by molar-refractivity contribution is 5.91. The maximum Gasteiger partial charge on any atom is 0.224 e. The molecule has 0 radical (unpaired) electrons. The molecule has 1 saturated heterocycles. The minimum Gasteiger partial charge on any atom is -0.486 e. The molecule has 1 amide bonds. The van der Waals surface area contributed by atoms with Gasteiger partial charge < -0.3 is 19.4 Å². The zero-order chi connectivity index (χ0) is 19.3. The average molecular weight is 384 g/mol. The standard InChI is InChI=1S/C21H28N4O3/c1-24-11-8-22-20(24)15-25-9-6-16(7-10-25)2-5-21(26)23-17-3-4-18-19(14-17)28-13-12-27-18/h3-4,8,11,14,16H,2,5-7,9-10,12-13,15H2,1H3,(H,23,26). The van der Waals surface area contributed by atoms with E-state index in [2.05, 4.69) is 19.8 Å². The summed E-state index contributed by atoms with van der Waals surface area (Å²) in [6, 6.07) is 5.55. The van der Waals surface area contributed by atoms with Gasteiger partial charge in [-0.25, -0.2) is 4.98 Å². The van der Waals surface area contributed by atoms with Crippen LogP contribution in [0, 0.1) is 5.92 Å². The van der Waals surface area contributed by atoms with E-state index in [-0.39, 0.29) is 5.91 Å². The second kappa shape index (κ2) is 8.65. The van der Waals surface area contributed by atoms with Gasteiger partial charge in [0, 0.05) is 37.6 Å². The highest BCUT2D eigenvalue weighted by Crippen LogP contribution is 2.32. The SMILES string of the molecule is Cn1ccnc1CN1CCC(CCC(=O)Nc2ccc3c(c2)OCCO3)CC1. The van der Waals surface area contributed by atoms with Crippen LogP contribution < -0.4 is 14.8 Å².